The highest BCUT2D eigenvalue weighted by molar-refractivity contribution is 5.43. The molecule has 2 atom stereocenters. The molecule has 2 unspecified atom stereocenters. The molecule has 0 radical (unpaired) electrons. The van der Waals surface area contributed by atoms with Crippen LogP contribution in [0.3, 0.4) is 0 Å². The quantitative estimate of drug-likeness (QED) is 0.760. The van der Waals surface area contributed by atoms with Crippen molar-refractivity contribution in [2.75, 3.05) is 20.8 Å². The fourth-order valence-electron chi connectivity index (χ4n) is 2.13. The highest BCUT2D eigenvalue weighted by Crippen LogP contribution is 2.30. The first-order chi connectivity index (χ1) is 9.15. The van der Waals surface area contributed by atoms with Gasteiger partial charge in [-0.25, -0.2) is 0 Å². The van der Waals surface area contributed by atoms with Crippen LogP contribution in [0.2, 0.25) is 0 Å². The second-order valence-electron chi connectivity index (χ2n) is 4.62. The zero-order valence-corrected chi connectivity index (χ0v) is 12.3. The second-order valence-corrected chi connectivity index (χ2v) is 4.62. The topological polar surface area (TPSA) is 50.7 Å². The molecule has 0 aromatic heterocycles. The molecule has 0 amide bonds. The first-order valence-corrected chi connectivity index (χ1v) is 6.75. The minimum absolute atomic E-state index is 0.205. The molecule has 0 saturated heterocycles. The maximum Gasteiger partial charge on any atom is 0.161 e. The van der Waals surface area contributed by atoms with Crippen LogP contribution in [0, 0.1) is 0 Å². The average Bonchev–Trinajstić information content (AvgIpc) is 2.45. The number of nitrogens with one attached hydrogen (secondary N) is 1. The number of benzene rings is 1. The molecule has 0 aliphatic carbocycles. The Morgan fingerprint density at radius 3 is 2.42 bits per heavy atom. The van der Waals surface area contributed by atoms with Crippen molar-refractivity contribution in [2.24, 2.45) is 0 Å². The van der Waals surface area contributed by atoms with E-state index in [1.165, 1.54) is 0 Å². The Kier molecular flexibility index (Phi) is 6.67. The van der Waals surface area contributed by atoms with Gasteiger partial charge >= 0.3 is 0 Å². The highest BCUT2D eigenvalue weighted by Gasteiger charge is 2.13. The third-order valence-corrected chi connectivity index (χ3v) is 3.36. The molecular formula is C15H25NO3. The van der Waals surface area contributed by atoms with Gasteiger partial charge in [-0.2, -0.15) is 0 Å². The Morgan fingerprint density at radius 1 is 1.21 bits per heavy atom. The standard InChI is InChI=1S/C15H25NO3/c1-5-13(8-9-17)16-11(2)12-6-7-14(18-3)15(10-12)19-4/h6-7,10-11,13,16-17H,5,8-9H2,1-4H3. The Bertz CT molecular complexity index is 382. The molecule has 0 spiro atoms. The summed E-state index contributed by atoms with van der Waals surface area (Å²) in [6, 6.07) is 6.47. The van der Waals surface area contributed by atoms with Crippen molar-refractivity contribution in [3.8, 4) is 11.5 Å². The Hall–Kier alpha value is -1.26. The van der Waals surface area contributed by atoms with E-state index in [9.17, 15) is 0 Å². The maximum atomic E-state index is 9.03. The van der Waals surface area contributed by atoms with E-state index in [1.54, 1.807) is 14.2 Å². The van der Waals surface area contributed by atoms with Gasteiger partial charge in [0.25, 0.3) is 0 Å². The van der Waals surface area contributed by atoms with Crippen molar-refractivity contribution >= 4 is 0 Å². The smallest absolute Gasteiger partial charge is 0.161 e. The molecule has 0 bridgehead atoms. The highest BCUT2D eigenvalue weighted by atomic mass is 16.5. The molecule has 0 fully saturated rings. The summed E-state index contributed by atoms with van der Waals surface area (Å²) in [6.07, 6.45) is 1.77. The molecule has 1 aromatic rings. The summed E-state index contributed by atoms with van der Waals surface area (Å²) in [5, 5.41) is 12.5. The maximum absolute atomic E-state index is 9.03. The SMILES string of the molecule is CCC(CCO)NC(C)c1ccc(OC)c(OC)c1. The van der Waals surface area contributed by atoms with E-state index in [0.29, 0.717) is 6.04 Å². The van der Waals surface area contributed by atoms with Gasteiger partial charge in [0.05, 0.1) is 14.2 Å². The second kappa shape index (κ2) is 8.02. The molecule has 0 saturated carbocycles. The predicted molar refractivity (Wildman–Crippen MR) is 76.9 cm³/mol. The van der Waals surface area contributed by atoms with Crippen molar-refractivity contribution in [3.05, 3.63) is 23.8 Å². The van der Waals surface area contributed by atoms with E-state index in [1.807, 2.05) is 18.2 Å². The third-order valence-electron chi connectivity index (χ3n) is 3.36. The first-order valence-electron chi connectivity index (χ1n) is 6.75. The van der Waals surface area contributed by atoms with Gasteiger partial charge in [-0.15, -0.1) is 0 Å². The van der Waals surface area contributed by atoms with Gasteiger partial charge in [0.15, 0.2) is 11.5 Å². The lowest BCUT2D eigenvalue weighted by atomic mass is 10.0. The molecule has 0 aliphatic heterocycles. The largest absolute Gasteiger partial charge is 0.493 e. The predicted octanol–water partition coefficient (Wildman–Crippen LogP) is 2.52. The fraction of sp³-hybridized carbons (Fsp3) is 0.600. The van der Waals surface area contributed by atoms with E-state index < -0.39 is 0 Å². The van der Waals surface area contributed by atoms with E-state index in [0.717, 1.165) is 29.9 Å². The first kappa shape index (κ1) is 15.8. The van der Waals surface area contributed by atoms with Crippen molar-refractivity contribution in [2.45, 2.75) is 38.8 Å². The van der Waals surface area contributed by atoms with Crippen LogP contribution in [-0.4, -0.2) is 32.0 Å². The average molecular weight is 267 g/mol. The van der Waals surface area contributed by atoms with E-state index in [4.69, 9.17) is 14.6 Å². The minimum Gasteiger partial charge on any atom is -0.493 e. The third kappa shape index (κ3) is 4.40. The molecule has 1 rings (SSSR count). The molecule has 1 aromatic carbocycles. The number of hydrogen-bond acceptors (Lipinski definition) is 4. The van der Waals surface area contributed by atoms with E-state index >= 15 is 0 Å². The van der Waals surface area contributed by atoms with Crippen molar-refractivity contribution in [3.63, 3.8) is 0 Å². The van der Waals surface area contributed by atoms with Crippen LogP contribution in [0.25, 0.3) is 0 Å². The van der Waals surface area contributed by atoms with E-state index in [2.05, 4.69) is 19.2 Å². The van der Waals surface area contributed by atoms with Gasteiger partial charge < -0.3 is 19.9 Å². The Labute approximate surface area is 115 Å². The number of rotatable bonds is 8. The van der Waals surface area contributed by atoms with Crippen LogP contribution >= 0.6 is 0 Å². The van der Waals surface area contributed by atoms with Gasteiger partial charge in [-0.05, 0) is 37.5 Å². The normalized spacial score (nSPS) is 13.9. The van der Waals surface area contributed by atoms with Gasteiger partial charge in [0, 0.05) is 18.7 Å². The number of ether oxygens (including phenoxy) is 2. The number of aliphatic hydroxyl groups excluding tert-OH is 1. The van der Waals surface area contributed by atoms with Crippen molar-refractivity contribution in [1.82, 2.24) is 5.32 Å². The van der Waals surface area contributed by atoms with Crippen molar-refractivity contribution < 1.29 is 14.6 Å². The van der Waals surface area contributed by atoms with Gasteiger partial charge in [0.2, 0.25) is 0 Å². The van der Waals surface area contributed by atoms with Crippen LogP contribution in [-0.2, 0) is 0 Å². The summed E-state index contributed by atoms with van der Waals surface area (Å²) in [7, 11) is 3.27. The molecule has 108 valence electrons. The summed E-state index contributed by atoms with van der Waals surface area (Å²) < 4.78 is 10.5. The lowest BCUT2D eigenvalue weighted by Gasteiger charge is -2.22. The minimum atomic E-state index is 0.205. The summed E-state index contributed by atoms with van der Waals surface area (Å²) >= 11 is 0. The number of aliphatic hydroxyl groups is 1. The zero-order chi connectivity index (χ0) is 14.3. The molecule has 0 aliphatic rings. The Morgan fingerprint density at radius 2 is 1.89 bits per heavy atom. The zero-order valence-electron chi connectivity index (χ0n) is 12.3. The molecule has 4 nitrogen and oxygen atoms in total. The van der Waals surface area contributed by atoms with Gasteiger partial charge in [-0.1, -0.05) is 13.0 Å². The number of hydrogen-bond donors (Lipinski definition) is 2. The summed E-state index contributed by atoms with van der Waals surface area (Å²) in [5.74, 6) is 1.48. The van der Waals surface area contributed by atoms with E-state index in [-0.39, 0.29) is 12.6 Å². The molecular weight excluding hydrogens is 242 g/mol. The monoisotopic (exact) mass is 267 g/mol. The molecule has 0 heterocycles. The lowest BCUT2D eigenvalue weighted by Crippen LogP contribution is -2.31. The van der Waals surface area contributed by atoms with Gasteiger partial charge in [-0.3, -0.25) is 0 Å². The van der Waals surface area contributed by atoms with Crippen LogP contribution in [0.15, 0.2) is 18.2 Å². The molecule has 19 heavy (non-hydrogen) atoms. The molecule has 4 heteroatoms. The summed E-state index contributed by atoms with van der Waals surface area (Å²) in [4.78, 5) is 0. The lowest BCUT2D eigenvalue weighted by molar-refractivity contribution is 0.257. The van der Waals surface area contributed by atoms with Crippen LogP contribution in [0.5, 0.6) is 11.5 Å². The van der Waals surface area contributed by atoms with Crippen LogP contribution < -0.4 is 14.8 Å². The van der Waals surface area contributed by atoms with Crippen LogP contribution in [0.1, 0.15) is 38.3 Å². The fourth-order valence-corrected chi connectivity index (χ4v) is 2.13. The Balaban J connectivity index is 2.78. The molecule has 2 N–H and O–H groups in total. The van der Waals surface area contributed by atoms with Crippen molar-refractivity contribution in [1.29, 1.82) is 0 Å². The van der Waals surface area contributed by atoms with Crippen LogP contribution in [0.4, 0.5) is 0 Å². The summed E-state index contributed by atoms with van der Waals surface area (Å²) in [6.45, 7) is 4.44. The number of methoxy groups -OCH3 is 2. The summed E-state index contributed by atoms with van der Waals surface area (Å²) in [5.41, 5.74) is 1.15. The van der Waals surface area contributed by atoms with Gasteiger partial charge in [0.1, 0.15) is 0 Å².